The minimum atomic E-state index is -0.657. The normalized spacial score (nSPS) is 12.7. The Morgan fingerprint density at radius 3 is 2.47 bits per heavy atom. The lowest BCUT2D eigenvalue weighted by molar-refractivity contribution is -0.142. The Kier molecular flexibility index (Phi) is 9.00. The Labute approximate surface area is 188 Å². The average molecular weight is 451 g/mol. The Hall–Kier alpha value is -2.24. The summed E-state index contributed by atoms with van der Waals surface area (Å²) < 4.78 is 5.62. The molecule has 0 aliphatic carbocycles. The molecule has 2 rings (SSSR count). The molecular weight excluding hydrogens is 423 g/mol. The molecule has 7 heteroatoms. The van der Waals surface area contributed by atoms with Gasteiger partial charge in [0.2, 0.25) is 5.91 Å². The molecule has 30 heavy (non-hydrogen) atoms. The van der Waals surface area contributed by atoms with Gasteiger partial charge in [-0.05, 0) is 56.5 Å². The predicted octanol–water partition coefficient (Wildman–Crippen LogP) is 5.01. The van der Waals surface area contributed by atoms with Crippen LogP contribution in [0.4, 0.5) is 0 Å². The first-order chi connectivity index (χ1) is 14.2. The fourth-order valence-electron chi connectivity index (χ4n) is 2.83. The highest BCUT2D eigenvalue weighted by atomic mass is 35.5. The van der Waals surface area contributed by atoms with E-state index in [4.69, 9.17) is 27.9 Å². The number of nitrogens with one attached hydrogen (secondary N) is 1. The van der Waals surface area contributed by atoms with Crippen LogP contribution in [0.15, 0.2) is 42.5 Å². The largest absolute Gasteiger partial charge is 0.482 e. The van der Waals surface area contributed by atoms with E-state index in [1.807, 2.05) is 45.0 Å². The summed E-state index contributed by atoms with van der Waals surface area (Å²) >= 11 is 12.0. The van der Waals surface area contributed by atoms with Gasteiger partial charge in [-0.2, -0.15) is 0 Å². The summed E-state index contributed by atoms with van der Waals surface area (Å²) in [6.07, 6.45) is 0.808. The first kappa shape index (κ1) is 24.0. The van der Waals surface area contributed by atoms with E-state index in [1.165, 1.54) is 4.90 Å². The molecule has 0 saturated heterocycles. The van der Waals surface area contributed by atoms with Crippen molar-refractivity contribution in [3.05, 3.63) is 63.6 Å². The number of hydrogen-bond donors (Lipinski definition) is 1. The van der Waals surface area contributed by atoms with Crippen molar-refractivity contribution in [3.63, 3.8) is 0 Å². The van der Waals surface area contributed by atoms with Gasteiger partial charge in [0, 0.05) is 17.6 Å². The maximum absolute atomic E-state index is 13.1. The molecule has 0 aromatic heterocycles. The Balaban J connectivity index is 2.19. The molecular formula is C23H28Cl2N2O3. The highest BCUT2D eigenvalue weighted by Crippen LogP contribution is 2.27. The number of hydrogen-bond acceptors (Lipinski definition) is 3. The van der Waals surface area contributed by atoms with Crippen molar-refractivity contribution in [2.75, 3.05) is 6.61 Å². The molecule has 0 aliphatic heterocycles. The van der Waals surface area contributed by atoms with Crippen molar-refractivity contribution in [2.45, 2.75) is 52.7 Å². The number of aryl methyl sites for hydroxylation is 1. The van der Waals surface area contributed by atoms with E-state index in [2.05, 4.69) is 5.32 Å². The number of amides is 2. The van der Waals surface area contributed by atoms with Gasteiger partial charge < -0.3 is 15.0 Å². The van der Waals surface area contributed by atoms with Crippen LogP contribution in [0.5, 0.6) is 5.75 Å². The zero-order chi connectivity index (χ0) is 22.3. The van der Waals surface area contributed by atoms with Gasteiger partial charge in [0.15, 0.2) is 6.61 Å². The minimum Gasteiger partial charge on any atom is -0.482 e. The second-order valence-electron chi connectivity index (χ2n) is 7.31. The van der Waals surface area contributed by atoms with Gasteiger partial charge in [-0.1, -0.05) is 54.4 Å². The van der Waals surface area contributed by atoms with Gasteiger partial charge in [-0.25, -0.2) is 0 Å². The van der Waals surface area contributed by atoms with Crippen LogP contribution in [0, 0.1) is 6.92 Å². The fraction of sp³-hybridized carbons (Fsp3) is 0.391. The topological polar surface area (TPSA) is 58.6 Å². The van der Waals surface area contributed by atoms with E-state index in [1.54, 1.807) is 25.1 Å². The summed E-state index contributed by atoms with van der Waals surface area (Å²) in [6.45, 7) is 7.70. The van der Waals surface area contributed by atoms with Gasteiger partial charge in [-0.3, -0.25) is 9.59 Å². The molecule has 0 fully saturated rings. The van der Waals surface area contributed by atoms with Crippen molar-refractivity contribution >= 4 is 35.0 Å². The van der Waals surface area contributed by atoms with E-state index in [-0.39, 0.29) is 24.5 Å². The smallest absolute Gasteiger partial charge is 0.261 e. The fourth-order valence-corrected chi connectivity index (χ4v) is 3.30. The second-order valence-corrected chi connectivity index (χ2v) is 8.15. The average Bonchev–Trinajstić information content (AvgIpc) is 2.71. The molecule has 2 atom stereocenters. The number of carbonyl (C=O) groups is 2. The van der Waals surface area contributed by atoms with Crippen LogP contribution in [0.25, 0.3) is 0 Å². The molecule has 0 unspecified atom stereocenters. The molecule has 0 bridgehead atoms. The predicted molar refractivity (Wildman–Crippen MR) is 121 cm³/mol. The number of ether oxygens (including phenoxy) is 1. The second kappa shape index (κ2) is 11.2. The number of benzene rings is 2. The third-order valence-corrected chi connectivity index (χ3v) is 5.55. The van der Waals surface area contributed by atoms with E-state index < -0.39 is 6.04 Å². The van der Waals surface area contributed by atoms with Crippen LogP contribution < -0.4 is 10.1 Å². The highest BCUT2D eigenvalue weighted by molar-refractivity contribution is 6.35. The molecule has 0 aliphatic rings. The van der Waals surface area contributed by atoms with E-state index in [0.717, 1.165) is 17.5 Å². The molecule has 1 N–H and O–H groups in total. The van der Waals surface area contributed by atoms with Crippen LogP contribution in [0.1, 0.15) is 38.3 Å². The minimum absolute atomic E-state index is 0.0273. The molecule has 5 nitrogen and oxygen atoms in total. The molecule has 2 aromatic carbocycles. The summed E-state index contributed by atoms with van der Waals surface area (Å²) in [5.41, 5.74) is 2.02. The van der Waals surface area contributed by atoms with Crippen LogP contribution in [-0.4, -0.2) is 35.4 Å². The van der Waals surface area contributed by atoms with E-state index in [9.17, 15) is 9.59 Å². The summed E-state index contributed by atoms with van der Waals surface area (Å²) in [5, 5.41) is 3.75. The summed E-state index contributed by atoms with van der Waals surface area (Å²) in [4.78, 5) is 27.3. The lowest BCUT2D eigenvalue weighted by Gasteiger charge is -2.30. The maximum Gasteiger partial charge on any atom is 0.261 e. The number of rotatable bonds is 9. The SMILES string of the molecule is CC[C@H](C)NC(=O)[C@H](C)N(Cc1ccccc1C)C(=O)COc1ccc(Cl)cc1Cl. The van der Waals surface area contributed by atoms with Gasteiger partial charge in [0.1, 0.15) is 11.8 Å². The third kappa shape index (κ3) is 6.64. The summed E-state index contributed by atoms with van der Waals surface area (Å²) in [6, 6.07) is 12.0. The lowest BCUT2D eigenvalue weighted by Crippen LogP contribution is -2.50. The van der Waals surface area contributed by atoms with Crippen molar-refractivity contribution in [2.24, 2.45) is 0 Å². The van der Waals surface area contributed by atoms with Gasteiger partial charge >= 0.3 is 0 Å². The van der Waals surface area contributed by atoms with Crippen molar-refractivity contribution in [1.82, 2.24) is 10.2 Å². The Morgan fingerprint density at radius 1 is 1.13 bits per heavy atom. The van der Waals surface area contributed by atoms with E-state index in [0.29, 0.717) is 22.3 Å². The van der Waals surface area contributed by atoms with Crippen molar-refractivity contribution in [3.8, 4) is 5.75 Å². The molecule has 0 saturated carbocycles. The maximum atomic E-state index is 13.1. The summed E-state index contributed by atoms with van der Waals surface area (Å²) in [7, 11) is 0. The molecule has 0 spiro atoms. The van der Waals surface area contributed by atoms with Crippen molar-refractivity contribution in [1.29, 1.82) is 0 Å². The van der Waals surface area contributed by atoms with Crippen LogP contribution in [-0.2, 0) is 16.1 Å². The van der Waals surface area contributed by atoms with E-state index >= 15 is 0 Å². The standard InChI is InChI=1S/C23H28Cl2N2O3/c1-5-16(3)26-23(29)17(4)27(13-18-9-7-6-8-15(18)2)22(28)14-30-21-11-10-19(24)12-20(21)25/h6-12,16-17H,5,13-14H2,1-4H3,(H,26,29)/t16-,17-/m0/s1. The molecule has 0 heterocycles. The first-order valence-electron chi connectivity index (χ1n) is 9.95. The molecule has 162 valence electrons. The monoisotopic (exact) mass is 450 g/mol. The van der Waals surface area contributed by atoms with Gasteiger partial charge in [-0.15, -0.1) is 0 Å². The van der Waals surface area contributed by atoms with Gasteiger partial charge in [0.05, 0.1) is 5.02 Å². The van der Waals surface area contributed by atoms with Crippen LogP contribution in [0.2, 0.25) is 10.0 Å². The van der Waals surface area contributed by atoms with Crippen LogP contribution in [0.3, 0.4) is 0 Å². The number of halogens is 2. The Morgan fingerprint density at radius 2 is 1.83 bits per heavy atom. The quantitative estimate of drug-likeness (QED) is 0.583. The lowest BCUT2D eigenvalue weighted by atomic mass is 10.1. The first-order valence-corrected chi connectivity index (χ1v) is 10.7. The molecule has 2 aromatic rings. The van der Waals surface area contributed by atoms with Crippen molar-refractivity contribution < 1.29 is 14.3 Å². The highest BCUT2D eigenvalue weighted by Gasteiger charge is 2.27. The zero-order valence-electron chi connectivity index (χ0n) is 17.7. The molecule has 0 radical (unpaired) electrons. The third-order valence-electron chi connectivity index (χ3n) is 5.02. The van der Waals surface area contributed by atoms with Crippen LogP contribution >= 0.6 is 23.2 Å². The van der Waals surface area contributed by atoms with Gasteiger partial charge in [0.25, 0.3) is 5.91 Å². The zero-order valence-corrected chi connectivity index (χ0v) is 19.3. The number of carbonyl (C=O) groups excluding carboxylic acids is 2. The Bertz CT molecular complexity index is 889. The summed E-state index contributed by atoms with van der Waals surface area (Å²) in [5.74, 6) is -0.145. The molecule has 2 amide bonds. The number of nitrogens with zero attached hydrogens (tertiary/aromatic N) is 1.